The van der Waals surface area contributed by atoms with Crippen molar-refractivity contribution < 1.29 is 14.4 Å². The Morgan fingerprint density at radius 2 is 1.85 bits per heavy atom. The Kier molecular flexibility index (Phi) is 4.89. The Bertz CT molecular complexity index is 740. The fraction of sp³-hybridized carbons (Fsp3) is 0.526. The van der Waals surface area contributed by atoms with Crippen molar-refractivity contribution in [1.29, 1.82) is 0 Å². The molecule has 1 N–H and O–H groups in total. The van der Waals surface area contributed by atoms with Crippen LogP contribution in [0.3, 0.4) is 0 Å². The lowest BCUT2D eigenvalue weighted by atomic mass is 9.84. The fourth-order valence-electron chi connectivity index (χ4n) is 3.62. The molecule has 1 saturated heterocycles. The summed E-state index contributed by atoms with van der Waals surface area (Å²) in [6, 6.07) is 5.82. The summed E-state index contributed by atoms with van der Waals surface area (Å²) in [6.07, 6.45) is 3.52. The molecule has 1 saturated carbocycles. The van der Waals surface area contributed by atoms with Gasteiger partial charge < -0.3 is 15.1 Å². The number of thioether (sulfide) groups is 1. The van der Waals surface area contributed by atoms with Gasteiger partial charge in [0.15, 0.2) is 0 Å². The van der Waals surface area contributed by atoms with Gasteiger partial charge >= 0.3 is 0 Å². The Balaban J connectivity index is 1.32. The molecular weight excluding hydrogens is 350 g/mol. The first-order valence-corrected chi connectivity index (χ1v) is 10.2. The summed E-state index contributed by atoms with van der Waals surface area (Å²) in [7, 11) is 0. The third kappa shape index (κ3) is 3.58. The molecule has 0 aromatic heterocycles. The number of hydrogen-bond donors (Lipinski definition) is 1. The van der Waals surface area contributed by atoms with E-state index in [-0.39, 0.29) is 23.6 Å². The van der Waals surface area contributed by atoms with E-state index in [2.05, 4.69) is 5.32 Å². The molecule has 138 valence electrons. The number of fused-ring (bicyclic) bond motifs is 1. The molecule has 2 aliphatic heterocycles. The van der Waals surface area contributed by atoms with Gasteiger partial charge in [0.05, 0.1) is 17.9 Å². The van der Waals surface area contributed by atoms with Crippen LogP contribution in [0.1, 0.15) is 24.8 Å². The minimum Gasteiger partial charge on any atom is -0.339 e. The van der Waals surface area contributed by atoms with Crippen LogP contribution in [0.15, 0.2) is 23.1 Å². The van der Waals surface area contributed by atoms with Gasteiger partial charge in [-0.05, 0) is 30.5 Å². The van der Waals surface area contributed by atoms with Gasteiger partial charge in [0, 0.05) is 37.0 Å². The quantitative estimate of drug-likeness (QED) is 0.876. The standard InChI is InChI=1S/C19H23N3O3S/c23-17-12-26-16-5-4-13(10-15(16)20-17)11-18(24)21-6-8-22(9-7-21)19(25)14-2-1-3-14/h4-5,10,14H,1-3,6-9,11-12H2,(H,20,23). The Labute approximate surface area is 157 Å². The van der Waals surface area contributed by atoms with Gasteiger partial charge in [-0.1, -0.05) is 12.5 Å². The summed E-state index contributed by atoms with van der Waals surface area (Å²) in [5.74, 6) is 1.01. The number of amides is 3. The molecule has 2 heterocycles. The lowest BCUT2D eigenvalue weighted by molar-refractivity contribution is -0.143. The first kappa shape index (κ1) is 17.4. The number of benzene rings is 1. The monoisotopic (exact) mass is 373 g/mol. The summed E-state index contributed by atoms with van der Waals surface area (Å²) < 4.78 is 0. The zero-order chi connectivity index (χ0) is 18.1. The van der Waals surface area contributed by atoms with E-state index in [1.54, 1.807) is 0 Å². The Hall–Kier alpha value is -2.02. The van der Waals surface area contributed by atoms with E-state index in [0.29, 0.717) is 38.4 Å². The lowest BCUT2D eigenvalue weighted by Crippen LogP contribution is -2.52. The number of hydrogen-bond acceptors (Lipinski definition) is 4. The van der Waals surface area contributed by atoms with Crippen molar-refractivity contribution in [3.05, 3.63) is 23.8 Å². The van der Waals surface area contributed by atoms with E-state index in [0.717, 1.165) is 35.4 Å². The van der Waals surface area contributed by atoms with Crippen molar-refractivity contribution in [2.75, 3.05) is 37.2 Å². The van der Waals surface area contributed by atoms with Crippen molar-refractivity contribution in [3.63, 3.8) is 0 Å². The maximum Gasteiger partial charge on any atom is 0.234 e. The third-order valence-corrected chi connectivity index (χ3v) is 6.50. The predicted octanol–water partition coefficient (Wildman–Crippen LogP) is 1.74. The molecule has 1 aromatic carbocycles. The number of nitrogens with zero attached hydrogens (tertiary/aromatic N) is 2. The van der Waals surface area contributed by atoms with Crippen LogP contribution in [0.2, 0.25) is 0 Å². The second kappa shape index (κ2) is 7.31. The Morgan fingerprint density at radius 1 is 1.12 bits per heavy atom. The van der Waals surface area contributed by atoms with Gasteiger partial charge in [-0.25, -0.2) is 0 Å². The van der Waals surface area contributed by atoms with Crippen molar-refractivity contribution in [1.82, 2.24) is 9.80 Å². The molecule has 6 nitrogen and oxygen atoms in total. The second-order valence-corrected chi connectivity index (χ2v) is 8.20. The largest absolute Gasteiger partial charge is 0.339 e. The average molecular weight is 373 g/mol. The first-order valence-electron chi connectivity index (χ1n) is 9.22. The number of anilines is 1. The Morgan fingerprint density at radius 3 is 2.54 bits per heavy atom. The highest BCUT2D eigenvalue weighted by Crippen LogP contribution is 2.32. The average Bonchev–Trinajstić information content (AvgIpc) is 2.60. The summed E-state index contributed by atoms with van der Waals surface area (Å²) >= 11 is 1.52. The fourth-order valence-corrected chi connectivity index (χ4v) is 4.40. The highest BCUT2D eigenvalue weighted by molar-refractivity contribution is 8.00. The molecule has 2 fully saturated rings. The molecule has 7 heteroatoms. The topological polar surface area (TPSA) is 69.7 Å². The van der Waals surface area contributed by atoms with Crippen LogP contribution >= 0.6 is 11.8 Å². The van der Waals surface area contributed by atoms with Gasteiger partial charge in [0.25, 0.3) is 0 Å². The van der Waals surface area contributed by atoms with Crippen LogP contribution in [-0.4, -0.2) is 59.5 Å². The number of rotatable bonds is 3. The molecule has 1 aromatic rings. The highest BCUT2D eigenvalue weighted by Gasteiger charge is 2.32. The molecule has 0 atom stereocenters. The molecule has 0 unspecified atom stereocenters. The maximum absolute atomic E-state index is 12.6. The highest BCUT2D eigenvalue weighted by atomic mass is 32.2. The van der Waals surface area contributed by atoms with E-state index < -0.39 is 0 Å². The van der Waals surface area contributed by atoms with E-state index >= 15 is 0 Å². The van der Waals surface area contributed by atoms with Crippen LogP contribution in [0.25, 0.3) is 0 Å². The van der Waals surface area contributed by atoms with Gasteiger partial charge in [-0.15, -0.1) is 11.8 Å². The van der Waals surface area contributed by atoms with Crippen LogP contribution < -0.4 is 5.32 Å². The minimum absolute atomic E-state index is 0.00164. The molecule has 0 radical (unpaired) electrons. The number of piperazine rings is 1. The van der Waals surface area contributed by atoms with Crippen LogP contribution in [0.5, 0.6) is 0 Å². The minimum atomic E-state index is -0.00164. The molecule has 4 rings (SSSR count). The van der Waals surface area contributed by atoms with Crippen LogP contribution in [0, 0.1) is 5.92 Å². The smallest absolute Gasteiger partial charge is 0.234 e. The molecule has 1 aliphatic carbocycles. The normalized spacial score (nSPS) is 20.2. The number of carbonyl (C=O) groups excluding carboxylic acids is 3. The van der Waals surface area contributed by atoms with Gasteiger partial charge in [0.1, 0.15) is 0 Å². The molecular formula is C19H23N3O3S. The van der Waals surface area contributed by atoms with Crippen molar-refractivity contribution in [2.45, 2.75) is 30.6 Å². The van der Waals surface area contributed by atoms with Crippen LogP contribution in [0.4, 0.5) is 5.69 Å². The summed E-state index contributed by atoms with van der Waals surface area (Å²) in [5, 5.41) is 2.86. The van der Waals surface area contributed by atoms with Gasteiger partial charge in [-0.2, -0.15) is 0 Å². The van der Waals surface area contributed by atoms with Crippen molar-refractivity contribution >= 4 is 35.2 Å². The predicted molar refractivity (Wildman–Crippen MR) is 100 cm³/mol. The summed E-state index contributed by atoms with van der Waals surface area (Å²) in [6.45, 7) is 2.49. The van der Waals surface area contributed by atoms with Crippen molar-refractivity contribution in [3.8, 4) is 0 Å². The zero-order valence-electron chi connectivity index (χ0n) is 14.7. The molecule has 26 heavy (non-hydrogen) atoms. The van der Waals surface area contributed by atoms with Gasteiger partial charge in [-0.3, -0.25) is 14.4 Å². The number of carbonyl (C=O) groups is 3. The zero-order valence-corrected chi connectivity index (χ0v) is 15.5. The summed E-state index contributed by atoms with van der Waals surface area (Å²) in [5.41, 5.74) is 1.71. The maximum atomic E-state index is 12.6. The number of nitrogens with one attached hydrogen (secondary N) is 1. The van der Waals surface area contributed by atoms with E-state index in [9.17, 15) is 14.4 Å². The molecule has 3 amide bonds. The first-order chi connectivity index (χ1) is 12.6. The van der Waals surface area contributed by atoms with Crippen LogP contribution in [-0.2, 0) is 20.8 Å². The SMILES string of the molecule is O=C1CSc2ccc(CC(=O)N3CCN(C(=O)C4CCC4)CC3)cc2N1. The third-order valence-electron chi connectivity index (χ3n) is 5.43. The summed E-state index contributed by atoms with van der Waals surface area (Å²) in [4.78, 5) is 41.2. The molecule has 3 aliphatic rings. The second-order valence-electron chi connectivity index (χ2n) is 7.18. The van der Waals surface area contributed by atoms with E-state index in [1.807, 2.05) is 28.0 Å². The van der Waals surface area contributed by atoms with E-state index in [4.69, 9.17) is 0 Å². The molecule has 0 spiro atoms. The van der Waals surface area contributed by atoms with Gasteiger partial charge in [0.2, 0.25) is 17.7 Å². The van der Waals surface area contributed by atoms with E-state index in [1.165, 1.54) is 11.8 Å². The van der Waals surface area contributed by atoms with Crippen molar-refractivity contribution in [2.24, 2.45) is 5.92 Å². The lowest BCUT2D eigenvalue weighted by Gasteiger charge is -2.38. The molecule has 0 bridgehead atoms.